The van der Waals surface area contributed by atoms with E-state index in [0.717, 1.165) is 5.56 Å². The van der Waals surface area contributed by atoms with Crippen LogP contribution in [0.1, 0.15) is 22.7 Å². The van der Waals surface area contributed by atoms with Crippen LogP contribution in [-0.2, 0) is 9.59 Å². The molecule has 0 spiro atoms. The molecule has 1 aliphatic heterocycles. The van der Waals surface area contributed by atoms with Crippen molar-refractivity contribution in [3.63, 3.8) is 0 Å². The Morgan fingerprint density at radius 1 is 1.15 bits per heavy atom. The molecule has 4 nitrogen and oxygen atoms in total. The van der Waals surface area contributed by atoms with E-state index < -0.39 is 17.7 Å². The molecule has 0 radical (unpaired) electrons. The van der Waals surface area contributed by atoms with Gasteiger partial charge < -0.3 is 10.0 Å². The number of rotatable bonds is 4. The number of likely N-dealkylation sites (tertiary alicyclic amines) is 1. The summed E-state index contributed by atoms with van der Waals surface area (Å²) in [6.07, 6.45) is 1.56. The zero-order valence-electron chi connectivity index (χ0n) is 14.3. The highest BCUT2D eigenvalue weighted by Crippen LogP contribution is 2.39. The zero-order valence-corrected chi connectivity index (χ0v) is 15.0. The van der Waals surface area contributed by atoms with Crippen LogP contribution in [0.4, 0.5) is 0 Å². The molecule has 1 heterocycles. The van der Waals surface area contributed by atoms with Crippen LogP contribution in [0, 0.1) is 6.92 Å². The molecular weight excluding hydrogens is 350 g/mol. The van der Waals surface area contributed by atoms with Crippen molar-refractivity contribution in [2.24, 2.45) is 0 Å². The molecule has 0 bridgehead atoms. The number of aliphatic hydroxyl groups is 1. The summed E-state index contributed by atoms with van der Waals surface area (Å²) in [7, 11) is 0. The topological polar surface area (TPSA) is 57.6 Å². The maximum atomic E-state index is 12.7. The summed E-state index contributed by atoms with van der Waals surface area (Å²) in [5, 5.41) is 11.3. The number of nitrogens with zero attached hydrogens (tertiary/aromatic N) is 1. The van der Waals surface area contributed by atoms with Gasteiger partial charge in [-0.2, -0.15) is 0 Å². The predicted octanol–water partition coefficient (Wildman–Crippen LogP) is 4.26. The Kier molecular flexibility index (Phi) is 4.96. The highest BCUT2D eigenvalue weighted by Gasteiger charge is 2.45. The number of aliphatic hydroxyl groups excluding tert-OH is 1. The first-order valence-corrected chi connectivity index (χ1v) is 8.53. The van der Waals surface area contributed by atoms with E-state index >= 15 is 0 Å². The SMILES string of the molecule is C=CCN1C(=O)C(=O)/C(=C(/O)c2ccc(C)cc2)[C@@H]1c1ccc(Cl)cc1. The molecule has 1 amide bonds. The van der Waals surface area contributed by atoms with Crippen LogP contribution in [0.5, 0.6) is 0 Å². The van der Waals surface area contributed by atoms with E-state index in [4.69, 9.17) is 11.6 Å². The molecule has 3 rings (SSSR count). The first-order valence-electron chi connectivity index (χ1n) is 8.16. The van der Waals surface area contributed by atoms with Crippen molar-refractivity contribution >= 4 is 29.1 Å². The molecule has 1 atom stereocenters. The van der Waals surface area contributed by atoms with Crippen molar-refractivity contribution < 1.29 is 14.7 Å². The summed E-state index contributed by atoms with van der Waals surface area (Å²) in [6.45, 7) is 5.79. The number of hydrogen-bond acceptors (Lipinski definition) is 3. The Hall–Kier alpha value is -2.85. The van der Waals surface area contributed by atoms with Gasteiger partial charge in [-0.25, -0.2) is 0 Å². The molecule has 2 aromatic rings. The van der Waals surface area contributed by atoms with Gasteiger partial charge in [0.15, 0.2) is 0 Å². The van der Waals surface area contributed by atoms with Crippen molar-refractivity contribution in [1.82, 2.24) is 4.90 Å². The molecule has 1 N–H and O–H groups in total. The lowest BCUT2D eigenvalue weighted by molar-refractivity contribution is -0.139. The molecule has 0 unspecified atom stereocenters. The van der Waals surface area contributed by atoms with Crippen molar-refractivity contribution in [2.45, 2.75) is 13.0 Å². The summed E-state index contributed by atoms with van der Waals surface area (Å²) < 4.78 is 0. The van der Waals surface area contributed by atoms with Crippen molar-refractivity contribution in [3.05, 3.63) is 88.5 Å². The number of aryl methyl sites for hydroxylation is 1. The van der Waals surface area contributed by atoms with Gasteiger partial charge in [0.1, 0.15) is 5.76 Å². The normalized spacial score (nSPS) is 19.0. The van der Waals surface area contributed by atoms with Gasteiger partial charge in [0, 0.05) is 17.1 Å². The molecule has 1 fully saturated rings. The molecule has 132 valence electrons. The fourth-order valence-electron chi connectivity index (χ4n) is 3.07. The predicted molar refractivity (Wildman–Crippen MR) is 102 cm³/mol. The molecule has 5 heteroatoms. The van der Waals surface area contributed by atoms with E-state index in [1.165, 1.54) is 4.90 Å². The average molecular weight is 368 g/mol. The van der Waals surface area contributed by atoms with Crippen molar-refractivity contribution in [3.8, 4) is 0 Å². The maximum Gasteiger partial charge on any atom is 0.295 e. The maximum absolute atomic E-state index is 12.7. The standard InChI is InChI=1S/C21H18ClNO3/c1-3-12-23-18(14-8-10-16(22)11-9-14)17(20(25)21(23)26)19(24)15-6-4-13(2)5-7-15/h3-11,18,24H,1,12H2,2H3/b19-17+/t18-/m0/s1. The summed E-state index contributed by atoms with van der Waals surface area (Å²) in [5.41, 5.74) is 2.29. The van der Waals surface area contributed by atoms with E-state index in [-0.39, 0.29) is 17.9 Å². The minimum Gasteiger partial charge on any atom is -0.507 e. The summed E-state index contributed by atoms with van der Waals surface area (Å²) in [4.78, 5) is 26.6. The third-order valence-electron chi connectivity index (χ3n) is 4.38. The Morgan fingerprint density at radius 2 is 1.77 bits per heavy atom. The summed E-state index contributed by atoms with van der Waals surface area (Å²) in [6, 6.07) is 13.3. The van der Waals surface area contributed by atoms with Crippen molar-refractivity contribution in [2.75, 3.05) is 6.54 Å². The molecule has 0 aliphatic carbocycles. The molecule has 26 heavy (non-hydrogen) atoms. The van der Waals surface area contributed by atoms with Gasteiger partial charge in [-0.3, -0.25) is 9.59 Å². The van der Waals surface area contributed by atoms with Gasteiger partial charge in [-0.15, -0.1) is 6.58 Å². The highest BCUT2D eigenvalue weighted by atomic mass is 35.5. The second-order valence-electron chi connectivity index (χ2n) is 6.16. The fraction of sp³-hybridized carbons (Fsp3) is 0.143. The molecule has 2 aromatic carbocycles. The Balaban J connectivity index is 2.18. The van der Waals surface area contributed by atoms with Gasteiger partial charge in [-0.1, -0.05) is 59.6 Å². The van der Waals surface area contributed by atoms with Crippen LogP contribution < -0.4 is 0 Å². The largest absolute Gasteiger partial charge is 0.507 e. The number of halogens is 1. The molecular formula is C21H18ClNO3. The number of Topliss-reactive ketones (excluding diaryl/α,β-unsaturated/α-hetero) is 1. The monoisotopic (exact) mass is 367 g/mol. The van der Waals surface area contributed by atoms with Crippen LogP contribution in [0.15, 0.2) is 66.8 Å². The quantitative estimate of drug-likeness (QED) is 0.380. The van der Waals surface area contributed by atoms with E-state index in [0.29, 0.717) is 16.1 Å². The number of hydrogen-bond donors (Lipinski definition) is 1. The number of benzene rings is 2. The smallest absolute Gasteiger partial charge is 0.295 e. The highest BCUT2D eigenvalue weighted by molar-refractivity contribution is 6.46. The summed E-state index contributed by atoms with van der Waals surface area (Å²) >= 11 is 5.96. The van der Waals surface area contributed by atoms with Crippen LogP contribution in [-0.4, -0.2) is 28.2 Å². The summed E-state index contributed by atoms with van der Waals surface area (Å²) in [5.74, 6) is -1.54. The first kappa shape index (κ1) is 18.0. The second kappa shape index (κ2) is 7.18. The Morgan fingerprint density at radius 3 is 2.35 bits per heavy atom. The zero-order chi connectivity index (χ0) is 18.8. The van der Waals surface area contributed by atoms with Crippen molar-refractivity contribution in [1.29, 1.82) is 0 Å². The van der Waals surface area contributed by atoms with Gasteiger partial charge >= 0.3 is 0 Å². The molecule has 0 saturated carbocycles. The number of carbonyl (C=O) groups excluding carboxylic acids is 2. The van der Waals surface area contributed by atoms with E-state index in [1.807, 2.05) is 19.1 Å². The number of carbonyl (C=O) groups is 2. The fourth-order valence-corrected chi connectivity index (χ4v) is 3.19. The second-order valence-corrected chi connectivity index (χ2v) is 6.59. The van der Waals surface area contributed by atoms with E-state index in [1.54, 1.807) is 42.5 Å². The molecule has 1 aliphatic rings. The van der Waals surface area contributed by atoms with E-state index in [9.17, 15) is 14.7 Å². The van der Waals surface area contributed by atoms with Crippen LogP contribution >= 0.6 is 11.6 Å². The Bertz CT molecular complexity index is 898. The average Bonchev–Trinajstić information content (AvgIpc) is 2.88. The van der Waals surface area contributed by atoms with Crippen LogP contribution in [0.25, 0.3) is 5.76 Å². The minimum absolute atomic E-state index is 0.0722. The lowest BCUT2D eigenvalue weighted by Crippen LogP contribution is -2.29. The minimum atomic E-state index is -0.704. The van der Waals surface area contributed by atoms with Crippen LogP contribution in [0.2, 0.25) is 5.02 Å². The third kappa shape index (κ3) is 3.16. The number of amides is 1. The number of ketones is 1. The first-order chi connectivity index (χ1) is 12.4. The van der Waals surface area contributed by atoms with E-state index in [2.05, 4.69) is 6.58 Å². The van der Waals surface area contributed by atoms with Crippen LogP contribution in [0.3, 0.4) is 0 Å². The molecule has 0 aromatic heterocycles. The third-order valence-corrected chi connectivity index (χ3v) is 4.63. The lowest BCUT2D eigenvalue weighted by atomic mass is 9.95. The van der Waals surface area contributed by atoms with Gasteiger partial charge in [0.05, 0.1) is 11.6 Å². The van der Waals surface area contributed by atoms with Gasteiger partial charge in [0.2, 0.25) is 0 Å². The Labute approximate surface area is 157 Å². The van der Waals surface area contributed by atoms with Gasteiger partial charge in [-0.05, 0) is 24.6 Å². The molecule has 1 saturated heterocycles. The lowest BCUT2D eigenvalue weighted by Gasteiger charge is -2.24. The van der Waals surface area contributed by atoms with Gasteiger partial charge in [0.25, 0.3) is 11.7 Å².